The summed E-state index contributed by atoms with van der Waals surface area (Å²) < 4.78 is 26.8. The van der Waals surface area contributed by atoms with E-state index in [-0.39, 0.29) is 32.1 Å². The topological polar surface area (TPSA) is 131 Å². The van der Waals surface area contributed by atoms with Gasteiger partial charge in [0, 0.05) is 19.4 Å². The maximum absolute atomic E-state index is 12.1. The first-order valence-electron chi connectivity index (χ1n) is 23.2. The molecule has 0 bridgehead atoms. The van der Waals surface area contributed by atoms with Crippen LogP contribution in [0.5, 0.6) is 0 Å². The monoisotopic (exact) mass is 802 g/mol. The third kappa shape index (κ3) is 43.7. The van der Waals surface area contributed by atoms with Crippen LogP contribution in [-0.4, -0.2) is 54.3 Å². The summed E-state index contributed by atoms with van der Waals surface area (Å²) in [5.41, 5.74) is 0. The van der Waals surface area contributed by atoms with Crippen molar-refractivity contribution in [3.05, 3.63) is 12.2 Å². The van der Waals surface area contributed by atoms with Crippen molar-refractivity contribution in [1.82, 2.24) is 5.32 Å². The van der Waals surface area contributed by atoms with Crippen LogP contribution in [-0.2, 0) is 27.9 Å². The number of aliphatic hydroxyl groups is 1. The number of allylic oxidation sites excluding steroid dienone is 2. The largest absolute Gasteiger partial charge is 0.472 e. The molecule has 0 aliphatic rings. The molecule has 326 valence electrons. The first-order valence-corrected chi connectivity index (χ1v) is 24.7. The van der Waals surface area contributed by atoms with Gasteiger partial charge in [0.2, 0.25) is 5.91 Å². The van der Waals surface area contributed by atoms with Crippen LogP contribution in [0.1, 0.15) is 232 Å². The van der Waals surface area contributed by atoms with Crippen molar-refractivity contribution < 1.29 is 37.9 Å². The third-order valence-corrected chi connectivity index (χ3v) is 11.2. The lowest BCUT2D eigenvalue weighted by molar-refractivity contribution is -0.147. The van der Waals surface area contributed by atoms with E-state index in [2.05, 4.69) is 31.3 Å². The summed E-state index contributed by atoms with van der Waals surface area (Å²) in [6.07, 6.45) is 44.6. The Morgan fingerprint density at radius 1 is 0.545 bits per heavy atom. The second kappa shape index (κ2) is 42.4. The van der Waals surface area contributed by atoms with Crippen LogP contribution in [0.3, 0.4) is 0 Å². The van der Waals surface area contributed by atoms with Crippen LogP contribution in [0.15, 0.2) is 12.2 Å². The number of carbonyl (C=O) groups is 2. The quantitative estimate of drug-likeness (QED) is 0.0240. The van der Waals surface area contributed by atoms with E-state index in [4.69, 9.17) is 13.8 Å². The first-order chi connectivity index (χ1) is 26.8. The smallest absolute Gasteiger partial charge is 0.463 e. The molecule has 0 aromatic carbocycles. The van der Waals surface area contributed by atoms with Gasteiger partial charge in [-0.25, -0.2) is 4.57 Å². The summed E-state index contributed by atoms with van der Waals surface area (Å²) in [7, 11) is -4.41. The van der Waals surface area contributed by atoms with Crippen LogP contribution < -0.4 is 5.32 Å². The fourth-order valence-corrected chi connectivity index (χ4v) is 7.44. The van der Waals surface area contributed by atoms with Gasteiger partial charge in [-0.2, -0.15) is 0 Å². The molecule has 0 aliphatic heterocycles. The highest BCUT2D eigenvalue weighted by molar-refractivity contribution is 7.47. The Morgan fingerprint density at radius 2 is 0.964 bits per heavy atom. The number of aliphatic hydroxyl groups excluding tert-OH is 1. The molecule has 0 heterocycles. The van der Waals surface area contributed by atoms with Crippen molar-refractivity contribution in [2.45, 2.75) is 238 Å². The molecule has 0 radical (unpaired) electrons. The van der Waals surface area contributed by atoms with E-state index in [0.717, 1.165) is 64.2 Å². The van der Waals surface area contributed by atoms with Crippen molar-refractivity contribution in [3.8, 4) is 0 Å². The van der Waals surface area contributed by atoms with Gasteiger partial charge in [-0.05, 0) is 32.1 Å². The van der Waals surface area contributed by atoms with Gasteiger partial charge < -0.3 is 20.1 Å². The molecule has 1 amide bonds. The molecular formula is C45H88NO8P. The predicted octanol–water partition coefficient (Wildman–Crippen LogP) is 13.0. The average molecular weight is 802 g/mol. The molecule has 0 saturated heterocycles. The second-order valence-electron chi connectivity index (χ2n) is 15.7. The zero-order valence-corrected chi connectivity index (χ0v) is 36.8. The number of hydrogen-bond acceptors (Lipinski definition) is 7. The van der Waals surface area contributed by atoms with E-state index < -0.39 is 26.5 Å². The lowest BCUT2D eigenvalue weighted by atomic mass is 10.0. The fraction of sp³-hybridized carbons (Fsp3) is 0.911. The SMILES string of the molecule is CCC/C=C\CCCCCCCC(=O)OCC(O)COP(=O)(O)OCCNC(=O)CCCCCCCCCCCCCCCCCCCCCCCCCC. The van der Waals surface area contributed by atoms with Crippen LogP contribution >= 0.6 is 7.82 Å². The number of amides is 1. The number of unbranched alkanes of at least 4 members (excludes halogenated alkanes) is 29. The number of carbonyl (C=O) groups excluding carboxylic acids is 2. The number of ether oxygens (including phenoxy) is 1. The van der Waals surface area contributed by atoms with Crippen LogP contribution in [0, 0.1) is 0 Å². The van der Waals surface area contributed by atoms with Crippen LogP contribution in [0.4, 0.5) is 0 Å². The minimum Gasteiger partial charge on any atom is -0.463 e. The molecule has 0 spiro atoms. The molecule has 0 aromatic heterocycles. The van der Waals surface area contributed by atoms with E-state index in [9.17, 15) is 24.2 Å². The Hall–Kier alpha value is -1.25. The summed E-state index contributed by atoms with van der Waals surface area (Å²) in [5.74, 6) is -0.518. The number of phosphoric acid groups is 1. The molecule has 0 aromatic rings. The molecule has 2 atom stereocenters. The Kier molecular flexibility index (Phi) is 41.4. The second-order valence-corrected chi connectivity index (χ2v) is 17.2. The standard InChI is InChI=1S/C45H88NO8P/c1-3-5-7-9-11-13-15-16-17-18-19-20-21-22-23-24-25-26-27-28-29-31-33-35-37-44(48)46-39-40-53-55(50,51)54-42-43(47)41-52-45(49)38-36-34-32-30-14-12-10-8-6-4-2/h8,10,43,47H,3-7,9,11-42H2,1-2H3,(H,46,48)(H,50,51)/b10-8-. The summed E-state index contributed by atoms with van der Waals surface area (Å²) in [5, 5.41) is 12.7. The Balaban J connectivity index is 3.49. The molecular weight excluding hydrogens is 713 g/mol. The van der Waals surface area contributed by atoms with E-state index in [0.29, 0.717) is 6.42 Å². The van der Waals surface area contributed by atoms with Gasteiger partial charge in [0.1, 0.15) is 12.7 Å². The van der Waals surface area contributed by atoms with Crippen molar-refractivity contribution in [1.29, 1.82) is 0 Å². The maximum atomic E-state index is 12.1. The molecule has 2 unspecified atom stereocenters. The van der Waals surface area contributed by atoms with Gasteiger partial charge >= 0.3 is 13.8 Å². The summed E-state index contributed by atoms with van der Waals surface area (Å²) >= 11 is 0. The lowest BCUT2D eigenvalue weighted by Crippen LogP contribution is -2.27. The number of hydrogen-bond donors (Lipinski definition) is 3. The van der Waals surface area contributed by atoms with Gasteiger partial charge in [0.15, 0.2) is 0 Å². The van der Waals surface area contributed by atoms with Crippen molar-refractivity contribution in [3.63, 3.8) is 0 Å². The highest BCUT2D eigenvalue weighted by Gasteiger charge is 2.23. The van der Waals surface area contributed by atoms with E-state index in [1.807, 2.05) is 0 Å². The Labute approximate surface area is 338 Å². The van der Waals surface area contributed by atoms with Gasteiger partial charge in [-0.3, -0.25) is 18.6 Å². The fourth-order valence-electron chi connectivity index (χ4n) is 6.68. The zero-order valence-electron chi connectivity index (χ0n) is 35.9. The van der Waals surface area contributed by atoms with Crippen molar-refractivity contribution in [2.24, 2.45) is 0 Å². The first kappa shape index (κ1) is 53.8. The van der Waals surface area contributed by atoms with Gasteiger partial charge in [-0.1, -0.05) is 199 Å². The average Bonchev–Trinajstić information content (AvgIpc) is 3.17. The van der Waals surface area contributed by atoms with E-state index in [1.54, 1.807) is 0 Å². The normalized spacial score (nSPS) is 13.3. The predicted molar refractivity (Wildman–Crippen MR) is 229 cm³/mol. The molecule has 0 rings (SSSR count). The molecule has 3 N–H and O–H groups in total. The van der Waals surface area contributed by atoms with E-state index in [1.165, 1.54) is 141 Å². The molecule has 0 saturated carbocycles. The third-order valence-electron chi connectivity index (χ3n) is 10.2. The molecule has 55 heavy (non-hydrogen) atoms. The number of nitrogens with one attached hydrogen (secondary N) is 1. The molecule has 9 nitrogen and oxygen atoms in total. The highest BCUT2D eigenvalue weighted by atomic mass is 31.2. The van der Waals surface area contributed by atoms with Crippen molar-refractivity contribution >= 4 is 19.7 Å². The molecule has 0 fully saturated rings. The highest BCUT2D eigenvalue weighted by Crippen LogP contribution is 2.42. The Bertz CT molecular complexity index is 917. The number of rotatable bonds is 44. The number of phosphoric ester groups is 1. The van der Waals surface area contributed by atoms with Crippen molar-refractivity contribution in [2.75, 3.05) is 26.4 Å². The maximum Gasteiger partial charge on any atom is 0.472 e. The Morgan fingerprint density at radius 3 is 1.44 bits per heavy atom. The minimum atomic E-state index is -4.41. The lowest BCUT2D eigenvalue weighted by Gasteiger charge is -2.15. The minimum absolute atomic E-state index is 0.0856. The zero-order chi connectivity index (χ0) is 40.3. The van der Waals surface area contributed by atoms with Crippen LogP contribution in [0.2, 0.25) is 0 Å². The van der Waals surface area contributed by atoms with Gasteiger partial charge in [0.05, 0.1) is 13.2 Å². The summed E-state index contributed by atoms with van der Waals surface area (Å²) in [6.45, 7) is 3.51. The summed E-state index contributed by atoms with van der Waals surface area (Å²) in [6, 6.07) is 0. The van der Waals surface area contributed by atoms with Gasteiger partial charge in [-0.15, -0.1) is 0 Å². The molecule has 0 aliphatic carbocycles. The number of esters is 1. The van der Waals surface area contributed by atoms with E-state index >= 15 is 0 Å². The van der Waals surface area contributed by atoms with Gasteiger partial charge in [0.25, 0.3) is 0 Å². The molecule has 10 heteroatoms. The summed E-state index contributed by atoms with van der Waals surface area (Å²) in [4.78, 5) is 33.8. The van der Waals surface area contributed by atoms with Crippen LogP contribution in [0.25, 0.3) is 0 Å².